The molecule has 1 amide bonds. The molecule has 2 aliphatic heterocycles. The van der Waals surface area contributed by atoms with E-state index in [2.05, 4.69) is 44.2 Å². The molecule has 0 saturated carbocycles. The van der Waals surface area contributed by atoms with E-state index in [0.29, 0.717) is 35.8 Å². The maximum atomic E-state index is 13.7. The third kappa shape index (κ3) is 4.28. The molecule has 3 aromatic heterocycles. The molecule has 6 rings (SSSR count). The van der Waals surface area contributed by atoms with Gasteiger partial charge in [-0.3, -0.25) is 9.20 Å². The number of aliphatic hydroxyl groups is 1. The van der Waals surface area contributed by atoms with Crippen LogP contribution in [-0.2, 0) is 6.54 Å². The fourth-order valence-corrected chi connectivity index (χ4v) is 5.80. The van der Waals surface area contributed by atoms with Crippen LogP contribution in [0.1, 0.15) is 42.6 Å². The molecule has 4 aromatic rings. The highest BCUT2D eigenvalue weighted by Crippen LogP contribution is 2.38. The van der Waals surface area contributed by atoms with Gasteiger partial charge in [-0.2, -0.15) is 0 Å². The Kier molecular flexibility index (Phi) is 6.27. The third-order valence-electron chi connectivity index (χ3n) is 8.82. The minimum atomic E-state index is -0.851. The molecule has 0 unspecified atom stereocenters. The predicted octanol–water partition coefficient (Wildman–Crippen LogP) is 4.19. The van der Waals surface area contributed by atoms with Crippen LogP contribution in [0.25, 0.3) is 16.9 Å². The quantitative estimate of drug-likeness (QED) is 0.335. The van der Waals surface area contributed by atoms with E-state index < -0.39 is 5.60 Å². The number of hydrogen-bond donors (Lipinski definition) is 3. The molecular formula is C30H34FN7O2. The number of hydrogen-bond acceptors (Lipinski definition) is 7. The van der Waals surface area contributed by atoms with Gasteiger partial charge in [0.2, 0.25) is 0 Å². The molecule has 0 bridgehead atoms. The molecular weight excluding hydrogens is 509 g/mol. The van der Waals surface area contributed by atoms with Crippen molar-refractivity contribution in [2.45, 2.75) is 44.4 Å². The summed E-state index contributed by atoms with van der Waals surface area (Å²) in [7, 11) is 4.00. The average Bonchev–Trinajstić information content (AvgIpc) is 3.53. The van der Waals surface area contributed by atoms with E-state index in [4.69, 9.17) is 0 Å². The number of rotatable bonds is 6. The first-order valence-corrected chi connectivity index (χ1v) is 13.5. The van der Waals surface area contributed by atoms with Gasteiger partial charge in [-0.15, -0.1) is 0 Å². The van der Waals surface area contributed by atoms with E-state index in [1.54, 1.807) is 12.4 Å². The van der Waals surface area contributed by atoms with Crippen molar-refractivity contribution in [1.29, 1.82) is 0 Å². The summed E-state index contributed by atoms with van der Waals surface area (Å²) in [5.74, 6) is 0.106. The Labute approximate surface area is 232 Å². The smallest absolute Gasteiger partial charge is 0.254 e. The monoisotopic (exact) mass is 543 g/mol. The number of carbonyl (C=O) groups excluding carboxylic acids is 1. The Morgan fingerprint density at radius 3 is 2.73 bits per heavy atom. The largest absolute Gasteiger partial charge is 0.386 e. The van der Waals surface area contributed by atoms with E-state index >= 15 is 0 Å². The van der Waals surface area contributed by atoms with Crippen molar-refractivity contribution < 1.29 is 14.3 Å². The van der Waals surface area contributed by atoms with Crippen molar-refractivity contribution in [3.8, 4) is 11.3 Å². The van der Waals surface area contributed by atoms with Crippen molar-refractivity contribution in [3.05, 3.63) is 71.9 Å². The molecule has 208 valence electrons. The van der Waals surface area contributed by atoms with Gasteiger partial charge in [0.1, 0.15) is 17.3 Å². The lowest BCUT2D eigenvalue weighted by Crippen LogP contribution is -2.65. The Balaban J connectivity index is 1.26. The number of carbonyl (C=O) groups is 1. The van der Waals surface area contributed by atoms with E-state index in [9.17, 15) is 14.3 Å². The van der Waals surface area contributed by atoms with Crippen LogP contribution < -0.4 is 15.5 Å². The third-order valence-corrected chi connectivity index (χ3v) is 8.82. The molecule has 1 fully saturated rings. The van der Waals surface area contributed by atoms with E-state index in [1.165, 1.54) is 12.1 Å². The van der Waals surface area contributed by atoms with Crippen molar-refractivity contribution in [2.24, 2.45) is 0 Å². The molecule has 5 heterocycles. The van der Waals surface area contributed by atoms with Gasteiger partial charge in [-0.1, -0.05) is 6.07 Å². The first kappa shape index (κ1) is 26.2. The van der Waals surface area contributed by atoms with Crippen molar-refractivity contribution in [1.82, 2.24) is 24.6 Å². The van der Waals surface area contributed by atoms with Crippen LogP contribution in [0, 0.1) is 5.82 Å². The number of halogens is 1. The number of aromatic nitrogens is 3. The highest BCUT2D eigenvalue weighted by Gasteiger charge is 2.47. The number of pyridine rings is 2. The van der Waals surface area contributed by atoms with Gasteiger partial charge in [-0.25, -0.2) is 14.4 Å². The zero-order chi connectivity index (χ0) is 28.2. The molecule has 1 aromatic carbocycles. The average molecular weight is 544 g/mol. The highest BCUT2D eigenvalue weighted by atomic mass is 19.1. The van der Waals surface area contributed by atoms with Gasteiger partial charge in [0.25, 0.3) is 5.91 Å². The molecule has 1 saturated heterocycles. The summed E-state index contributed by atoms with van der Waals surface area (Å²) in [5, 5.41) is 17.8. The van der Waals surface area contributed by atoms with Crippen LogP contribution in [0.3, 0.4) is 0 Å². The molecule has 0 aliphatic carbocycles. The second-order valence-electron chi connectivity index (χ2n) is 11.5. The zero-order valence-corrected chi connectivity index (χ0v) is 23.2. The molecule has 2 aliphatic rings. The number of β-amino-alcohol motifs (C(OH)–C–C–N with tert-alkyl or cyclic N) is 1. The van der Waals surface area contributed by atoms with Gasteiger partial charge in [0.05, 0.1) is 40.6 Å². The highest BCUT2D eigenvalue weighted by molar-refractivity contribution is 6.06. The van der Waals surface area contributed by atoms with E-state index in [0.717, 1.165) is 41.9 Å². The maximum absolute atomic E-state index is 13.7. The fourth-order valence-electron chi connectivity index (χ4n) is 5.80. The Hall–Kier alpha value is -4.02. The fraction of sp³-hybridized carbons (Fsp3) is 0.367. The number of piperidine rings is 1. The summed E-state index contributed by atoms with van der Waals surface area (Å²) in [6.07, 6.45) is 6.79. The number of nitrogens with zero attached hydrogens (tertiary/aromatic N) is 5. The summed E-state index contributed by atoms with van der Waals surface area (Å²) in [6, 6.07) is 10.5. The SMILES string of the molecule is CN(C)C(C)(C)[C@]1(O)CCCN(c2ccc(Nc3ccc(-c4cnc5cc(F)ccn45)c4c3C(=O)NC4)nc2)C1. The number of fused-ring (bicyclic) bond motifs is 2. The van der Waals surface area contributed by atoms with Gasteiger partial charge < -0.3 is 25.5 Å². The second-order valence-corrected chi connectivity index (χ2v) is 11.5. The lowest BCUT2D eigenvalue weighted by molar-refractivity contribution is -0.0882. The number of amides is 1. The lowest BCUT2D eigenvalue weighted by Gasteiger charge is -2.52. The topological polar surface area (TPSA) is 98.0 Å². The number of nitrogens with one attached hydrogen (secondary N) is 2. The van der Waals surface area contributed by atoms with Gasteiger partial charge in [-0.05, 0) is 70.6 Å². The summed E-state index contributed by atoms with van der Waals surface area (Å²) < 4.78 is 15.5. The van der Waals surface area contributed by atoms with Crippen LogP contribution in [0.5, 0.6) is 0 Å². The van der Waals surface area contributed by atoms with Crippen LogP contribution in [0.4, 0.5) is 21.6 Å². The minimum Gasteiger partial charge on any atom is -0.386 e. The minimum absolute atomic E-state index is 0.160. The van der Waals surface area contributed by atoms with Crippen molar-refractivity contribution in [3.63, 3.8) is 0 Å². The zero-order valence-electron chi connectivity index (χ0n) is 23.2. The Morgan fingerprint density at radius 2 is 1.98 bits per heavy atom. The van der Waals surface area contributed by atoms with Gasteiger partial charge in [0, 0.05) is 43.0 Å². The molecule has 10 heteroatoms. The first-order valence-electron chi connectivity index (χ1n) is 13.5. The van der Waals surface area contributed by atoms with Crippen molar-refractivity contribution >= 4 is 28.7 Å². The Morgan fingerprint density at radius 1 is 1.15 bits per heavy atom. The van der Waals surface area contributed by atoms with Crippen molar-refractivity contribution in [2.75, 3.05) is 37.4 Å². The van der Waals surface area contributed by atoms with Gasteiger partial charge >= 0.3 is 0 Å². The van der Waals surface area contributed by atoms with Gasteiger partial charge in [0.15, 0.2) is 0 Å². The predicted molar refractivity (Wildman–Crippen MR) is 153 cm³/mol. The molecule has 40 heavy (non-hydrogen) atoms. The summed E-state index contributed by atoms with van der Waals surface area (Å²) >= 11 is 0. The standard InChI is InChI=1S/C30H34FN7O2/c1-29(2,36(3)4)30(40)11-5-12-37(18-30)20-6-9-25(32-15-20)35-23-8-7-21(22-16-34-28(39)27(22)23)24-17-33-26-14-19(31)10-13-38(24)26/h6-10,13-15,17,40H,5,11-12,16,18H2,1-4H3,(H,32,35)(H,34,39)/t30-/m0/s1. The molecule has 3 N–H and O–H groups in total. The first-order chi connectivity index (χ1) is 19.1. The maximum Gasteiger partial charge on any atom is 0.254 e. The molecule has 0 spiro atoms. The second kappa shape index (κ2) is 9.57. The number of benzene rings is 1. The number of likely N-dealkylation sites (N-methyl/N-ethyl adjacent to an activating group) is 1. The van der Waals surface area contributed by atoms with Crippen LogP contribution in [0.2, 0.25) is 0 Å². The summed E-state index contributed by atoms with van der Waals surface area (Å²) in [6.45, 7) is 5.93. The molecule has 1 atom stereocenters. The number of imidazole rings is 1. The normalized spacial score (nSPS) is 19.3. The van der Waals surface area contributed by atoms with Crippen LogP contribution in [0.15, 0.2) is 55.0 Å². The van der Waals surface area contributed by atoms with Crippen LogP contribution in [-0.4, -0.2) is 68.6 Å². The molecule has 0 radical (unpaired) electrons. The van der Waals surface area contributed by atoms with Crippen LogP contribution >= 0.6 is 0 Å². The number of anilines is 3. The van der Waals surface area contributed by atoms with E-state index in [1.807, 2.05) is 49.0 Å². The molecule has 9 nitrogen and oxygen atoms in total. The summed E-state index contributed by atoms with van der Waals surface area (Å²) in [5.41, 5.74) is 3.94. The Bertz CT molecular complexity index is 1600. The van der Waals surface area contributed by atoms with E-state index in [-0.39, 0.29) is 17.3 Å². The lowest BCUT2D eigenvalue weighted by atomic mass is 9.76. The summed E-state index contributed by atoms with van der Waals surface area (Å²) in [4.78, 5) is 26.1.